The minimum atomic E-state index is -4.36. The van der Waals surface area contributed by atoms with Gasteiger partial charge in [0.2, 0.25) is 0 Å². The second-order valence-electron chi connectivity index (χ2n) is 4.87. The third kappa shape index (κ3) is 2.66. The monoisotopic (exact) mass is 294 g/mol. The minimum absolute atomic E-state index is 0.437. The third-order valence-corrected chi connectivity index (χ3v) is 3.37. The van der Waals surface area contributed by atoms with Crippen LogP contribution < -0.4 is 9.64 Å². The van der Waals surface area contributed by atoms with Crippen LogP contribution in [0.5, 0.6) is 5.75 Å². The molecule has 0 amide bonds. The number of fused-ring (bicyclic) bond motifs is 1. The van der Waals surface area contributed by atoms with E-state index in [0.29, 0.717) is 36.0 Å². The highest BCUT2D eigenvalue weighted by molar-refractivity contribution is 5.66. The first-order valence-electron chi connectivity index (χ1n) is 6.48. The Bertz CT molecular complexity index is 670. The van der Waals surface area contributed by atoms with Gasteiger partial charge < -0.3 is 9.64 Å². The molecule has 0 spiro atoms. The highest BCUT2D eigenvalue weighted by Crippen LogP contribution is 2.34. The van der Waals surface area contributed by atoms with Crippen LogP contribution in [-0.2, 0) is 6.18 Å². The summed E-state index contributed by atoms with van der Waals surface area (Å²) >= 11 is 0. The standard InChI is InChI=1S/C15H13F3N2O/c1-20-7-8-21-13-6-5-12(19-14(13)20)10-3-2-4-11(9-10)15(16,17)18/h2-6,9H,7-8H2,1H3. The first-order chi connectivity index (χ1) is 9.95. The van der Waals surface area contributed by atoms with Crippen LogP contribution in [0.3, 0.4) is 0 Å². The molecule has 21 heavy (non-hydrogen) atoms. The maximum atomic E-state index is 12.8. The molecule has 6 heteroatoms. The Morgan fingerprint density at radius 3 is 2.76 bits per heavy atom. The number of likely N-dealkylation sites (N-methyl/N-ethyl adjacent to an activating group) is 1. The molecule has 1 aliphatic rings. The Kier molecular flexibility index (Phi) is 3.23. The average molecular weight is 294 g/mol. The van der Waals surface area contributed by atoms with Gasteiger partial charge in [-0.2, -0.15) is 13.2 Å². The fraction of sp³-hybridized carbons (Fsp3) is 0.267. The van der Waals surface area contributed by atoms with Crippen molar-refractivity contribution in [2.24, 2.45) is 0 Å². The number of hydrogen-bond donors (Lipinski definition) is 0. The molecule has 3 nitrogen and oxygen atoms in total. The van der Waals surface area contributed by atoms with Crippen molar-refractivity contribution in [3.8, 4) is 17.0 Å². The number of nitrogens with zero attached hydrogens (tertiary/aromatic N) is 2. The number of ether oxygens (including phenoxy) is 1. The molecule has 110 valence electrons. The molecule has 0 N–H and O–H groups in total. The van der Waals surface area contributed by atoms with Gasteiger partial charge in [0.05, 0.1) is 17.8 Å². The number of halogens is 3. The summed E-state index contributed by atoms with van der Waals surface area (Å²) < 4.78 is 43.8. The lowest BCUT2D eigenvalue weighted by Gasteiger charge is -2.26. The van der Waals surface area contributed by atoms with Crippen LogP contribution in [0.1, 0.15) is 5.56 Å². The van der Waals surface area contributed by atoms with Gasteiger partial charge in [-0.25, -0.2) is 4.98 Å². The highest BCUT2D eigenvalue weighted by atomic mass is 19.4. The zero-order valence-corrected chi connectivity index (χ0v) is 11.3. The fourth-order valence-corrected chi connectivity index (χ4v) is 2.24. The first kappa shape index (κ1) is 13.7. The molecule has 2 heterocycles. The molecule has 0 fully saturated rings. The number of pyridine rings is 1. The van der Waals surface area contributed by atoms with Crippen LogP contribution in [0.2, 0.25) is 0 Å². The van der Waals surface area contributed by atoms with E-state index in [0.717, 1.165) is 12.1 Å². The molecular weight excluding hydrogens is 281 g/mol. The van der Waals surface area contributed by atoms with Gasteiger partial charge in [0.25, 0.3) is 0 Å². The van der Waals surface area contributed by atoms with E-state index in [1.807, 2.05) is 11.9 Å². The zero-order chi connectivity index (χ0) is 15.0. The summed E-state index contributed by atoms with van der Waals surface area (Å²) in [5.41, 5.74) is 0.257. The van der Waals surface area contributed by atoms with Gasteiger partial charge >= 0.3 is 6.18 Å². The zero-order valence-electron chi connectivity index (χ0n) is 11.3. The van der Waals surface area contributed by atoms with Crippen LogP contribution in [0.15, 0.2) is 36.4 Å². The molecule has 2 aromatic rings. The van der Waals surface area contributed by atoms with E-state index in [9.17, 15) is 13.2 Å². The van der Waals surface area contributed by atoms with Crippen molar-refractivity contribution in [1.82, 2.24) is 4.98 Å². The highest BCUT2D eigenvalue weighted by Gasteiger charge is 2.30. The minimum Gasteiger partial charge on any atom is -0.488 e. The van der Waals surface area contributed by atoms with Gasteiger partial charge in [-0.15, -0.1) is 0 Å². The maximum absolute atomic E-state index is 12.8. The van der Waals surface area contributed by atoms with Gasteiger partial charge in [-0.05, 0) is 24.3 Å². The van der Waals surface area contributed by atoms with E-state index in [2.05, 4.69) is 4.98 Å². The van der Waals surface area contributed by atoms with Gasteiger partial charge in [-0.1, -0.05) is 12.1 Å². The van der Waals surface area contributed by atoms with Crippen LogP contribution in [0, 0.1) is 0 Å². The smallest absolute Gasteiger partial charge is 0.416 e. The second kappa shape index (κ2) is 4.95. The summed E-state index contributed by atoms with van der Waals surface area (Å²) in [5.74, 6) is 1.30. The molecule has 0 saturated carbocycles. The summed E-state index contributed by atoms with van der Waals surface area (Å²) in [6.07, 6.45) is -4.36. The lowest BCUT2D eigenvalue weighted by molar-refractivity contribution is -0.137. The Balaban J connectivity index is 2.03. The molecule has 0 radical (unpaired) electrons. The molecule has 3 rings (SSSR count). The number of aromatic nitrogens is 1. The van der Waals surface area contributed by atoms with Gasteiger partial charge in [-0.3, -0.25) is 0 Å². The summed E-state index contributed by atoms with van der Waals surface area (Å²) in [4.78, 5) is 6.35. The quantitative estimate of drug-likeness (QED) is 0.803. The predicted octanol–water partition coefficient (Wildman–Crippen LogP) is 3.60. The SMILES string of the molecule is CN1CCOc2ccc(-c3cccc(C(F)(F)F)c3)nc21. The van der Waals surface area contributed by atoms with Crippen LogP contribution in [0.4, 0.5) is 19.0 Å². The Morgan fingerprint density at radius 1 is 1.19 bits per heavy atom. The second-order valence-corrected chi connectivity index (χ2v) is 4.87. The van der Waals surface area contributed by atoms with Crippen molar-refractivity contribution in [3.63, 3.8) is 0 Å². The van der Waals surface area contributed by atoms with E-state index < -0.39 is 11.7 Å². The van der Waals surface area contributed by atoms with Crippen LogP contribution >= 0.6 is 0 Å². The molecule has 0 saturated heterocycles. The Labute approximate surface area is 120 Å². The van der Waals surface area contributed by atoms with Gasteiger partial charge in [0.15, 0.2) is 11.6 Å². The molecule has 0 atom stereocenters. The summed E-state index contributed by atoms with van der Waals surface area (Å²) in [6, 6.07) is 8.59. The topological polar surface area (TPSA) is 25.4 Å². The number of anilines is 1. The van der Waals surface area contributed by atoms with E-state index in [1.165, 1.54) is 6.07 Å². The number of alkyl halides is 3. The maximum Gasteiger partial charge on any atom is 0.416 e. The number of benzene rings is 1. The summed E-state index contributed by atoms with van der Waals surface area (Å²) in [6.45, 7) is 1.28. The molecule has 1 aliphatic heterocycles. The Morgan fingerprint density at radius 2 is 2.00 bits per heavy atom. The Hall–Kier alpha value is -2.24. The normalized spacial score (nSPS) is 14.6. The van der Waals surface area contributed by atoms with E-state index in [4.69, 9.17) is 4.74 Å². The molecular formula is C15H13F3N2O. The van der Waals surface area contributed by atoms with Crippen molar-refractivity contribution in [3.05, 3.63) is 42.0 Å². The van der Waals surface area contributed by atoms with Crippen molar-refractivity contribution >= 4 is 5.82 Å². The largest absolute Gasteiger partial charge is 0.488 e. The fourth-order valence-electron chi connectivity index (χ4n) is 2.24. The summed E-state index contributed by atoms with van der Waals surface area (Å²) in [7, 11) is 1.88. The van der Waals surface area contributed by atoms with Crippen molar-refractivity contribution in [1.29, 1.82) is 0 Å². The molecule has 0 unspecified atom stereocenters. The van der Waals surface area contributed by atoms with Gasteiger partial charge in [0, 0.05) is 12.6 Å². The van der Waals surface area contributed by atoms with Gasteiger partial charge in [0.1, 0.15) is 6.61 Å². The lowest BCUT2D eigenvalue weighted by Crippen LogP contribution is -2.29. The predicted molar refractivity (Wildman–Crippen MR) is 73.4 cm³/mol. The van der Waals surface area contributed by atoms with Crippen molar-refractivity contribution < 1.29 is 17.9 Å². The molecule has 1 aromatic heterocycles. The summed E-state index contributed by atoms with van der Waals surface area (Å²) in [5, 5.41) is 0. The van der Waals surface area contributed by atoms with Crippen molar-refractivity contribution in [2.45, 2.75) is 6.18 Å². The van der Waals surface area contributed by atoms with E-state index in [-0.39, 0.29) is 0 Å². The molecule has 1 aromatic carbocycles. The van der Waals surface area contributed by atoms with E-state index >= 15 is 0 Å². The first-order valence-corrected chi connectivity index (χ1v) is 6.48. The molecule has 0 aliphatic carbocycles. The molecule has 0 bridgehead atoms. The lowest BCUT2D eigenvalue weighted by atomic mass is 10.1. The number of hydrogen-bond acceptors (Lipinski definition) is 3. The third-order valence-electron chi connectivity index (χ3n) is 3.37. The number of rotatable bonds is 1. The van der Waals surface area contributed by atoms with Crippen LogP contribution in [-0.4, -0.2) is 25.2 Å². The van der Waals surface area contributed by atoms with E-state index in [1.54, 1.807) is 18.2 Å². The van der Waals surface area contributed by atoms with Crippen molar-refractivity contribution in [2.75, 3.05) is 25.1 Å². The van der Waals surface area contributed by atoms with Crippen LogP contribution in [0.25, 0.3) is 11.3 Å². The average Bonchev–Trinajstić information content (AvgIpc) is 2.47.